The van der Waals surface area contributed by atoms with Crippen molar-refractivity contribution < 1.29 is 14.3 Å². The second kappa shape index (κ2) is 4.55. The standard InChI is InChI=1S/C6H9NO3/c1-5(8)3-4-7-6(9)10-2/h3-4H,1-2H3,(H,7,9). The number of rotatable bonds is 2. The van der Waals surface area contributed by atoms with Crippen molar-refractivity contribution in [1.29, 1.82) is 0 Å². The Kier molecular flexibility index (Phi) is 3.95. The lowest BCUT2D eigenvalue weighted by Crippen LogP contribution is -2.16. The van der Waals surface area contributed by atoms with Crippen LogP contribution in [0.25, 0.3) is 0 Å². The number of amides is 1. The Hall–Kier alpha value is -1.32. The number of ether oxygens (including phenoxy) is 1. The normalized spacial score (nSPS) is 9.40. The number of ketones is 1. The van der Waals surface area contributed by atoms with E-state index in [1.807, 2.05) is 0 Å². The summed E-state index contributed by atoms with van der Waals surface area (Å²) in [6.07, 6.45) is 1.88. The predicted octanol–water partition coefficient (Wildman–Crippen LogP) is 0.445. The third kappa shape index (κ3) is 4.83. The maximum absolute atomic E-state index is 10.3. The number of carbonyl (C=O) groups excluding carboxylic acids is 2. The number of hydrogen-bond donors (Lipinski definition) is 1. The Bertz CT molecular complexity index is 162. The molecular weight excluding hydrogens is 134 g/mol. The lowest BCUT2D eigenvalue weighted by molar-refractivity contribution is -0.112. The quantitative estimate of drug-likeness (QED) is 0.571. The summed E-state index contributed by atoms with van der Waals surface area (Å²) in [6.45, 7) is 1.38. The van der Waals surface area contributed by atoms with Gasteiger partial charge in [-0.1, -0.05) is 0 Å². The van der Waals surface area contributed by atoms with Gasteiger partial charge >= 0.3 is 6.09 Å². The van der Waals surface area contributed by atoms with Crippen LogP contribution in [-0.4, -0.2) is 19.0 Å². The van der Waals surface area contributed by atoms with E-state index in [0.29, 0.717) is 0 Å². The van der Waals surface area contributed by atoms with Crippen molar-refractivity contribution in [1.82, 2.24) is 5.32 Å². The van der Waals surface area contributed by atoms with E-state index in [4.69, 9.17) is 0 Å². The Morgan fingerprint density at radius 1 is 1.50 bits per heavy atom. The molecule has 0 spiro atoms. The molecular formula is C6H9NO3. The van der Waals surface area contributed by atoms with Gasteiger partial charge in [-0.2, -0.15) is 0 Å². The molecule has 4 heteroatoms. The molecule has 0 aliphatic heterocycles. The number of alkyl carbamates (subject to hydrolysis) is 1. The molecule has 0 saturated heterocycles. The third-order valence-corrected chi connectivity index (χ3v) is 0.705. The minimum atomic E-state index is -0.586. The Balaban J connectivity index is 3.53. The summed E-state index contributed by atoms with van der Waals surface area (Å²) in [4.78, 5) is 20.5. The Morgan fingerprint density at radius 2 is 2.10 bits per heavy atom. The fourth-order valence-electron chi connectivity index (χ4n) is 0.286. The van der Waals surface area contributed by atoms with Crippen molar-refractivity contribution >= 4 is 11.9 Å². The first kappa shape index (κ1) is 8.68. The molecule has 0 fully saturated rings. The van der Waals surface area contributed by atoms with Gasteiger partial charge in [-0.05, 0) is 13.0 Å². The molecule has 0 bridgehead atoms. The van der Waals surface area contributed by atoms with Crippen LogP contribution in [0.1, 0.15) is 6.92 Å². The molecule has 0 aromatic rings. The van der Waals surface area contributed by atoms with E-state index in [9.17, 15) is 9.59 Å². The van der Waals surface area contributed by atoms with Crippen LogP contribution in [0.15, 0.2) is 12.3 Å². The van der Waals surface area contributed by atoms with Gasteiger partial charge in [-0.15, -0.1) is 0 Å². The molecule has 0 saturated carbocycles. The highest BCUT2D eigenvalue weighted by Crippen LogP contribution is 1.73. The molecule has 0 unspecified atom stereocenters. The number of nitrogens with one attached hydrogen (secondary N) is 1. The zero-order valence-corrected chi connectivity index (χ0v) is 5.88. The van der Waals surface area contributed by atoms with Crippen LogP contribution in [0.3, 0.4) is 0 Å². The van der Waals surface area contributed by atoms with Gasteiger partial charge in [0.25, 0.3) is 0 Å². The summed E-state index contributed by atoms with van der Waals surface area (Å²) in [6, 6.07) is 0. The summed E-state index contributed by atoms with van der Waals surface area (Å²) < 4.78 is 4.22. The van der Waals surface area contributed by atoms with Gasteiger partial charge < -0.3 is 4.74 Å². The van der Waals surface area contributed by atoms with Crippen LogP contribution in [-0.2, 0) is 9.53 Å². The molecule has 1 N–H and O–H groups in total. The summed E-state index contributed by atoms with van der Waals surface area (Å²) in [7, 11) is 1.25. The molecule has 4 nitrogen and oxygen atoms in total. The van der Waals surface area contributed by atoms with E-state index in [0.717, 1.165) is 0 Å². The van der Waals surface area contributed by atoms with Crippen LogP contribution in [0, 0.1) is 0 Å². The minimum absolute atomic E-state index is 0.128. The fraction of sp³-hybridized carbons (Fsp3) is 0.333. The molecule has 0 aliphatic rings. The van der Waals surface area contributed by atoms with E-state index >= 15 is 0 Å². The fourth-order valence-corrected chi connectivity index (χ4v) is 0.286. The van der Waals surface area contributed by atoms with E-state index in [1.54, 1.807) is 0 Å². The minimum Gasteiger partial charge on any atom is -0.453 e. The van der Waals surface area contributed by atoms with Crippen molar-refractivity contribution in [3.05, 3.63) is 12.3 Å². The van der Waals surface area contributed by atoms with E-state index in [2.05, 4.69) is 10.1 Å². The molecule has 0 rings (SSSR count). The van der Waals surface area contributed by atoms with Gasteiger partial charge in [0, 0.05) is 6.20 Å². The van der Waals surface area contributed by atoms with Crippen molar-refractivity contribution in [3.8, 4) is 0 Å². The molecule has 1 amide bonds. The second-order valence-corrected chi connectivity index (χ2v) is 1.58. The van der Waals surface area contributed by atoms with Crippen LogP contribution in [0.2, 0.25) is 0 Å². The van der Waals surface area contributed by atoms with E-state index < -0.39 is 6.09 Å². The largest absolute Gasteiger partial charge is 0.453 e. The SMILES string of the molecule is COC(=O)NC=CC(C)=O. The summed E-state index contributed by atoms with van der Waals surface area (Å²) >= 11 is 0. The maximum Gasteiger partial charge on any atom is 0.410 e. The first-order valence-electron chi connectivity index (χ1n) is 2.68. The van der Waals surface area contributed by atoms with Gasteiger partial charge in [-0.3, -0.25) is 10.1 Å². The maximum atomic E-state index is 10.3. The van der Waals surface area contributed by atoms with Crippen LogP contribution >= 0.6 is 0 Å². The monoisotopic (exact) mass is 143 g/mol. The zero-order chi connectivity index (χ0) is 7.98. The first-order valence-corrected chi connectivity index (χ1v) is 2.68. The van der Waals surface area contributed by atoms with Crippen molar-refractivity contribution in [2.45, 2.75) is 6.92 Å². The number of allylic oxidation sites excluding steroid dienone is 1. The average molecular weight is 143 g/mol. The van der Waals surface area contributed by atoms with Crippen molar-refractivity contribution in [2.75, 3.05) is 7.11 Å². The van der Waals surface area contributed by atoms with Gasteiger partial charge in [-0.25, -0.2) is 4.79 Å². The van der Waals surface area contributed by atoms with E-state index in [-0.39, 0.29) is 5.78 Å². The molecule has 0 aromatic carbocycles. The van der Waals surface area contributed by atoms with Crippen molar-refractivity contribution in [3.63, 3.8) is 0 Å². The summed E-state index contributed by atoms with van der Waals surface area (Å²) in [5.41, 5.74) is 0. The molecule has 0 aromatic heterocycles. The predicted molar refractivity (Wildman–Crippen MR) is 35.4 cm³/mol. The summed E-state index contributed by atoms with van der Waals surface area (Å²) in [5, 5.41) is 2.20. The topological polar surface area (TPSA) is 55.4 Å². The zero-order valence-electron chi connectivity index (χ0n) is 5.88. The highest BCUT2D eigenvalue weighted by atomic mass is 16.5. The Morgan fingerprint density at radius 3 is 2.50 bits per heavy atom. The van der Waals surface area contributed by atoms with Gasteiger partial charge in [0.1, 0.15) is 0 Å². The van der Waals surface area contributed by atoms with Crippen LogP contribution < -0.4 is 5.32 Å². The molecule has 10 heavy (non-hydrogen) atoms. The Labute approximate surface area is 58.9 Å². The summed E-state index contributed by atoms with van der Waals surface area (Å²) in [5.74, 6) is -0.128. The number of methoxy groups -OCH3 is 1. The van der Waals surface area contributed by atoms with Crippen molar-refractivity contribution in [2.24, 2.45) is 0 Å². The molecule has 0 atom stereocenters. The first-order chi connectivity index (χ1) is 4.66. The van der Waals surface area contributed by atoms with Crippen LogP contribution in [0.5, 0.6) is 0 Å². The average Bonchev–Trinajstić information content (AvgIpc) is 1.87. The smallest absolute Gasteiger partial charge is 0.410 e. The van der Waals surface area contributed by atoms with Gasteiger partial charge in [0.05, 0.1) is 7.11 Å². The lowest BCUT2D eigenvalue weighted by atomic mass is 10.4. The number of hydrogen-bond acceptors (Lipinski definition) is 3. The molecule has 0 aliphatic carbocycles. The molecule has 56 valence electrons. The molecule has 0 heterocycles. The second-order valence-electron chi connectivity index (χ2n) is 1.58. The third-order valence-electron chi connectivity index (χ3n) is 0.705. The highest BCUT2D eigenvalue weighted by molar-refractivity contribution is 5.87. The highest BCUT2D eigenvalue weighted by Gasteiger charge is 1.90. The van der Waals surface area contributed by atoms with Crippen LogP contribution in [0.4, 0.5) is 4.79 Å². The van der Waals surface area contributed by atoms with Gasteiger partial charge in [0.2, 0.25) is 0 Å². The van der Waals surface area contributed by atoms with Gasteiger partial charge in [0.15, 0.2) is 5.78 Å². The molecule has 0 radical (unpaired) electrons. The van der Waals surface area contributed by atoms with E-state index in [1.165, 1.54) is 26.3 Å². The lowest BCUT2D eigenvalue weighted by Gasteiger charge is -1.93. The number of carbonyl (C=O) groups is 2.